The quantitative estimate of drug-likeness (QED) is 0.766. The van der Waals surface area contributed by atoms with Crippen molar-refractivity contribution in [3.8, 4) is 0 Å². The Kier molecular flexibility index (Phi) is 3.08. The van der Waals surface area contributed by atoms with Crippen LogP contribution in [0, 0.1) is 0 Å². The van der Waals surface area contributed by atoms with E-state index in [-0.39, 0.29) is 5.60 Å². The number of hydrogen-bond donors (Lipinski definition) is 2. The van der Waals surface area contributed by atoms with Crippen LogP contribution in [0.5, 0.6) is 0 Å². The number of dihydropyridines is 1. The smallest absolute Gasteiger partial charge is 0.138 e. The first-order valence-electron chi connectivity index (χ1n) is 7.03. The summed E-state index contributed by atoms with van der Waals surface area (Å²) in [6, 6.07) is 0. The van der Waals surface area contributed by atoms with Crippen LogP contribution < -0.4 is 11.6 Å². The number of nitrogens with zero attached hydrogens (tertiary/aromatic N) is 2. The van der Waals surface area contributed by atoms with Gasteiger partial charge in [0.05, 0.1) is 5.60 Å². The molecule has 1 atom stereocenters. The molecule has 20 heavy (non-hydrogen) atoms. The van der Waals surface area contributed by atoms with Crippen molar-refractivity contribution in [1.82, 2.24) is 5.01 Å². The number of hydrazine groups is 1. The molecule has 2 aliphatic heterocycles. The fourth-order valence-electron chi connectivity index (χ4n) is 3.29. The van der Waals surface area contributed by atoms with E-state index in [9.17, 15) is 0 Å². The second-order valence-corrected chi connectivity index (χ2v) is 6.00. The van der Waals surface area contributed by atoms with Crippen LogP contribution in [-0.4, -0.2) is 29.1 Å². The Morgan fingerprint density at radius 1 is 1.45 bits per heavy atom. The van der Waals surface area contributed by atoms with Gasteiger partial charge in [-0.05, 0) is 43.9 Å². The van der Waals surface area contributed by atoms with Crippen molar-refractivity contribution in [3.63, 3.8) is 0 Å². The van der Waals surface area contributed by atoms with Gasteiger partial charge in [-0.3, -0.25) is 10.0 Å². The molecule has 1 aliphatic carbocycles. The van der Waals surface area contributed by atoms with Crippen LogP contribution in [0.15, 0.2) is 40.7 Å². The van der Waals surface area contributed by atoms with E-state index in [1.54, 1.807) is 7.11 Å². The lowest BCUT2D eigenvalue weighted by molar-refractivity contribution is -0.0872. The maximum absolute atomic E-state index is 6.64. The molecule has 1 saturated carbocycles. The first kappa shape index (κ1) is 13.5. The maximum atomic E-state index is 6.64. The van der Waals surface area contributed by atoms with Crippen LogP contribution in [0.4, 0.5) is 0 Å². The van der Waals surface area contributed by atoms with Gasteiger partial charge in [-0.15, -0.1) is 0 Å². The topological polar surface area (TPSA) is 76.9 Å². The summed E-state index contributed by atoms with van der Waals surface area (Å²) in [4.78, 5) is 4.70. The lowest BCUT2D eigenvalue weighted by Gasteiger charge is -2.47. The van der Waals surface area contributed by atoms with E-state index in [1.165, 1.54) is 11.4 Å². The zero-order chi connectivity index (χ0) is 14.4. The molecule has 4 N–H and O–H groups in total. The van der Waals surface area contributed by atoms with Crippen molar-refractivity contribution < 1.29 is 4.74 Å². The van der Waals surface area contributed by atoms with Gasteiger partial charge in [-0.25, -0.2) is 5.84 Å². The van der Waals surface area contributed by atoms with Gasteiger partial charge in [0.25, 0.3) is 0 Å². The van der Waals surface area contributed by atoms with Crippen molar-refractivity contribution in [3.05, 3.63) is 35.7 Å². The lowest BCUT2D eigenvalue weighted by atomic mass is 9.71. The summed E-state index contributed by atoms with van der Waals surface area (Å²) in [6.45, 7) is 1.98. The standard InChI is InChI=1S/C15H22N4O/c1-11-8-12-4-7-19(17)9-13(12)15(16,18-11)10-14(20-2)5-3-6-14/h4,7-9H,3,5-6,10,16-17H2,1-2H3. The molecule has 3 rings (SSSR count). The third-order valence-corrected chi connectivity index (χ3v) is 4.51. The third kappa shape index (κ3) is 2.12. The van der Waals surface area contributed by atoms with Crippen molar-refractivity contribution >= 4 is 5.71 Å². The van der Waals surface area contributed by atoms with E-state index in [2.05, 4.69) is 0 Å². The Bertz CT molecular complexity index is 537. The van der Waals surface area contributed by atoms with Crippen LogP contribution in [0.25, 0.3) is 0 Å². The van der Waals surface area contributed by atoms with E-state index in [0.29, 0.717) is 6.42 Å². The largest absolute Gasteiger partial charge is 0.378 e. The lowest BCUT2D eigenvalue weighted by Crippen LogP contribution is -2.53. The van der Waals surface area contributed by atoms with Crippen LogP contribution in [0.1, 0.15) is 32.6 Å². The molecule has 3 aliphatic rings. The zero-order valence-corrected chi connectivity index (χ0v) is 12.1. The minimum atomic E-state index is -0.757. The average molecular weight is 274 g/mol. The summed E-state index contributed by atoms with van der Waals surface area (Å²) in [6.07, 6.45) is 11.7. The number of allylic oxidation sites excluding steroid dienone is 2. The second-order valence-electron chi connectivity index (χ2n) is 6.00. The van der Waals surface area contributed by atoms with Gasteiger partial charge in [0.2, 0.25) is 0 Å². The van der Waals surface area contributed by atoms with E-state index < -0.39 is 5.66 Å². The fourth-order valence-corrected chi connectivity index (χ4v) is 3.29. The van der Waals surface area contributed by atoms with Gasteiger partial charge in [0.15, 0.2) is 0 Å². The molecule has 0 bridgehead atoms. The Labute approximate surface area is 119 Å². The number of ether oxygens (including phenoxy) is 1. The number of nitrogens with two attached hydrogens (primary N) is 2. The minimum absolute atomic E-state index is 0.136. The van der Waals surface area contributed by atoms with E-state index in [0.717, 1.165) is 29.7 Å². The molecule has 0 aromatic rings. The predicted molar refractivity (Wildman–Crippen MR) is 79.6 cm³/mol. The van der Waals surface area contributed by atoms with Crippen LogP contribution in [0.2, 0.25) is 0 Å². The highest BCUT2D eigenvalue weighted by molar-refractivity contribution is 5.96. The molecule has 0 radical (unpaired) electrons. The molecule has 0 aromatic heterocycles. The van der Waals surface area contributed by atoms with Crippen molar-refractivity contribution in [2.45, 2.75) is 43.9 Å². The Balaban J connectivity index is 1.96. The number of methoxy groups -OCH3 is 1. The molecule has 0 amide bonds. The van der Waals surface area contributed by atoms with Gasteiger partial charge in [-0.2, -0.15) is 0 Å². The number of fused-ring (bicyclic) bond motifs is 1. The summed E-state index contributed by atoms with van der Waals surface area (Å²) >= 11 is 0. The molecule has 0 spiro atoms. The SMILES string of the molecule is COC1(CC2(N)N=C(C)C=C3C=CN(N)C=C32)CCC1. The Morgan fingerprint density at radius 3 is 2.80 bits per heavy atom. The highest BCUT2D eigenvalue weighted by atomic mass is 16.5. The van der Waals surface area contributed by atoms with E-state index in [4.69, 9.17) is 21.3 Å². The van der Waals surface area contributed by atoms with Gasteiger partial charge < -0.3 is 10.5 Å². The Hall–Kier alpha value is -1.43. The molecule has 108 valence electrons. The number of hydrogen-bond acceptors (Lipinski definition) is 5. The van der Waals surface area contributed by atoms with Crippen LogP contribution in [-0.2, 0) is 4.74 Å². The van der Waals surface area contributed by atoms with Gasteiger partial charge >= 0.3 is 0 Å². The molecule has 5 heteroatoms. The Morgan fingerprint density at radius 2 is 2.20 bits per heavy atom. The van der Waals surface area contributed by atoms with Crippen molar-refractivity contribution in [2.75, 3.05) is 7.11 Å². The van der Waals surface area contributed by atoms with Gasteiger partial charge in [0.1, 0.15) is 5.66 Å². The van der Waals surface area contributed by atoms with Crippen molar-refractivity contribution in [1.29, 1.82) is 0 Å². The maximum Gasteiger partial charge on any atom is 0.138 e. The molecular formula is C15H22N4O. The monoisotopic (exact) mass is 274 g/mol. The fraction of sp³-hybridized carbons (Fsp3) is 0.533. The average Bonchev–Trinajstić information content (AvgIpc) is 2.35. The summed E-state index contributed by atoms with van der Waals surface area (Å²) in [5.74, 6) is 5.85. The van der Waals surface area contributed by atoms with Crippen LogP contribution in [0.3, 0.4) is 0 Å². The summed E-state index contributed by atoms with van der Waals surface area (Å²) in [5, 5.41) is 1.53. The van der Waals surface area contributed by atoms with E-state index in [1.807, 2.05) is 31.5 Å². The predicted octanol–water partition coefficient (Wildman–Crippen LogP) is 1.59. The molecule has 0 saturated heterocycles. The molecule has 5 nitrogen and oxygen atoms in total. The first-order valence-corrected chi connectivity index (χ1v) is 7.03. The zero-order valence-electron chi connectivity index (χ0n) is 12.1. The highest BCUT2D eigenvalue weighted by Gasteiger charge is 2.47. The molecule has 1 unspecified atom stereocenters. The van der Waals surface area contributed by atoms with E-state index >= 15 is 0 Å². The summed E-state index contributed by atoms with van der Waals surface area (Å²) < 4.78 is 5.72. The summed E-state index contributed by atoms with van der Waals surface area (Å²) in [7, 11) is 1.77. The molecule has 1 fully saturated rings. The second kappa shape index (κ2) is 4.55. The molecular weight excluding hydrogens is 252 g/mol. The van der Waals surface area contributed by atoms with Gasteiger partial charge in [0, 0.05) is 37.2 Å². The molecule has 0 aromatic carbocycles. The normalized spacial score (nSPS) is 31.0. The van der Waals surface area contributed by atoms with Crippen LogP contribution >= 0.6 is 0 Å². The summed E-state index contributed by atoms with van der Waals surface area (Å²) in [5.41, 5.74) is 8.76. The van der Waals surface area contributed by atoms with Gasteiger partial charge in [-0.1, -0.05) is 0 Å². The molecule has 2 heterocycles. The third-order valence-electron chi connectivity index (χ3n) is 4.51. The first-order chi connectivity index (χ1) is 9.46. The minimum Gasteiger partial charge on any atom is -0.378 e. The number of aliphatic imine (C=N–C) groups is 1. The van der Waals surface area contributed by atoms with Crippen molar-refractivity contribution in [2.24, 2.45) is 16.6 Å². The number of rotatable bonds is 3. The highest BCUT2D eigenvalue weighted by Crippen LogP contribution is 2.45.